The Morgan fingerprint density at radius 2 is 1.95 bits per heavy atom. The molecule has 0 aromatic heterocycles. The Bertz CT molecular complexity index is 656. The van der Waals surface area contributed by atoms with Gasteiger partial charge in [0.2, 0.25) is 0 Å². The Kier molecular flexibility index (Phi) is 6.46. The van der Waals surface area contributed by atoms with Crippen LogP contribution in [0.1, 0.15) is 30.1 Å². The van der Waals surface area contributed by atoms with Crippen LogP contribution in [-0.4, -0.2) is 12.6 Å². The highest BCUT2D eigenvalue weighted by molar-refractivity contribution is 9.11. The number of carbonyl (C=O) groups is 1. The van der Waals surface area contributed by atoms with E-state index >= 15 is 0 Å². The van der Waals surface area contributed by atoms with Crippen LogP contribution in [0.15, 0.2) is 51.4 Å². The molecule has 0 bridgehead atoms. The van der Waals surface area contributed by atoms with Gasteiger partial charge in [0.25, 0.3) is 0 Å². The van der Waals surface area contributed by atoms with Crippen LogP contribution in [0.2, 0.25) is 0 Å². The number of hydrogen-bond donors (Lipinski definition) is 0. The number of rotatable bonds is 6. The number of esters is 1. The van der Waals surface area contributed by atoms with Crippen LogP contribution in [0, 0.1) is 0 Å². The third-order valence-electron chi connectivity index (χ3n) is 2.93. The second kappa shape index (κ2) is 8.34. The van der Waals surface area contributed by atoms with E-state index in [0.717, 1.165) is 17.3 Å². The average molecular weight is 428 g/mol. The van der Waals surface area contributed by atoms with Crippen LogP contribution in [0.3, 0.4) is 0 Å². The Morgan fingerprint density at radius 3 is 2.68 bits per heavy atom. The van der Waals surface area contributed by atoms with Crippen molar-refractivity contribution in [3.63, 3.8) is 0 Å². The summed E-state index contributed by atoms with van der Waals surface area (Å²) in [6.45, 7) is 2.75. The van der Waals surface area contributed by atoms with Gasteiger partial charge in [0.05, 0.1) is 16.6 Å². The molecule has 0 N–H and O–H groups in total. The fraction of sp³-hybridized carbons (Fsp3) is 0.235. The molecule has 0 heterocycles. The lowest BCUT2D eigenvalue weighted by Crippen LogP contribution is -2.09. The Labute approximate surface area is 146 Å². The topological polar surface area (TPSA) is 35.5 Å². The van der Waals surface area contributed by atoms with Crippen LogP contribution < -0.4 is 9.47 Å². The van der Waals surface area contributed by atoms with Crippen molar-refractivity contribution < 1.29 is 14.3 Å². The summed E-state index contributed by atoms with van der Waals surface area (Å²) in [6.07, 6.45) is 2.06. The smallest absolute Gasteiger partial charge is 0.343 e. The minimum Gasteiger partial charge on any atom is -0.494 e. The summed E-state index contributed by atoms with van der Waals surface area (Å²) in [5.41, 5.74) is 0.462. The van der Waals surface area contributed by atoms with Crippen LogP contribution in [-0.2, 0) is 0 Å². The number of ether oxygens (including phenoxy) is 2. The maximum Gasteiger partial charge on any atom is 0.343 e. The van der Waals surface area contributed by atoms with Gasteiger partial charge in [-0.25, -0.2) is 4.79 Å². The monoisotopic (exact) mass is 426 g/mol. The summed E-state index contributed by atoms with van der Waals surface area (Å²) in [6, 6.07) is 12.4. The molecule has 3 nitrogen and oxygen atoms in total. The second-order valence-electron chi connectivity index (χ2n) is 4.69. The van der Waals surface area contributed by atoms with Crippen molar-refractivity contribution >= 4 is 37.8 Å². The van der Waals surface area contributed by atoms with Gasteiger partial charge in [-0.05, 0) is 58.7 Å². The number of carbonyl (C=O) groups excluding carboxylic acids is 1. The number of unbranched alkanes of at least 4 members (excludes halogenated alkanes) is 1. The molecule has 116 valence electrons. The van der Waals surface area contributed by atoms with E-state index in [9.17, 15) is 4.79 Å². The predicted octanol–water partition coefficient (Wildman–Crippen LogP) is 5.61. The summed E-state index contributed by atoms with van der Waals surface area (Å²) in [5, 5.41) is 0. The minimum absolute atomic E-state index is 0.413. The maximum absolute atomic E-state index is 12.2. The second-order valence-corrected chi connectivity index (χ2v) is 6.46. The van der Waals surface area contributed by atoms with Crippen molar-refractivity contribution in [2.45, 2.75) is 19.8 Å². The zero-order chi connectivity index (χ0) is 15.9. The van der Waals surface area contributed by atoms with Crippen LogP contribution in [0.25, 0.3) is 0 Å². The maximum atomic E-state index is 12.2. The zero-order valence-corrected chi connectivity index (χ0v) is 15.3. The highest BCUT2D eigenvalue weighted by Crippen LogP contribution is 2.29. The zero-order valence-electron chi connectivity index (χ0n) is 12.1. The van der Waals surface area contributed by atoms with Gasteiger partial charge in [-0.15, -0.1) is 0 Å². The summed E-state index contributed by atoms with van der Waals surface area (Å²) in [5.74, 6) is 0.743. The molecule has 0 aliphatic heterocycles. The van der Waals surface area contributed by atoms with Crippen LogP contribution in [0.4, 0.5) is 0 Å². The number of hydrogen-bond acceptors (Lipinski definition) is 3. The number of benzene rings is 2. The molecule has 0 saturated heterocycles. The lowest BCUT2D eigenvalue weighted by Gasteiger charge is -2.09. The van der Waals surface area contributed by atoms with Crippen molar-refractivity contribution in [2.24, 2.45) is 0 Å². The molecule has 0 amide bonds. The normalized spacial score (nSPS) is 10.3. The first-order valence-corrected chi connectivity index (χ1v) is 8.59. The quantitative estimate of drug-likeness (QED) is 0.341. The Morgan fingerprint density at radius 1 is 1.14 bits per heavy atom. The highest BCUT2D eigenvalue weighted by atomic mass is 79.9. The standard InChI is InChI=1S/C17H16Br2O3/c1-2-3-9-21-14-6-4-5-12(10-14)17(20)22-16-8-7-13(18)11-15(16)19/h4-8,10-11H,2-3,9H2,1H3. The van der Waals surface area contributed by atoms with Gasteiger partial charge in [0, 0.05) is 4.47 Å². The van der Waals surface area contributed by atoms with Crippen LogP contribution in [0.5, 0.6) is 11.5 Å². The van der Waals surface area contributed by atoms with Crippen molar-refractivity contribution in [1.82, 2.24) is 0 Å². The lowest BCUT2D eigenvalue weighted by atomic mass is 10.2. The summed E-state index contributed by atoms with van der Waals surface area (Å²) in [7, 11) is 0. The lowest BCUT2D eigenvalue weighted by molar-refractivity contribution is 0.0733. The van der Waals surface area contributed by atoms with E-state index in [-0.39, 0.29) is 0 Å². The van der Waals surface area contributed by atoms with E-state index < -0.39 is 5.97 Å². The molecule has 0 saturated carbocycles. The molecule has 0 unspecified atom stereocenters. The Balaban J connectivity index is 2.07. The minimum atomic E-state index is -0.413. The molecule has 2 aromatic rings. The largest absolute Gasteiger partial charge is 0.494 e. The highest BCUT2D eigenvalue weighted by Gasteiger charge is 2.12. The molecule has 5 heteroatoms. The van der Waals surface area contributed by atoms with Gasteiger partial charge < -0.3 is 9.47 Å². The molecule has 0 aliphatic carbocycles. The van der Waals surface area contributed by atoms with E-state index in [0.29, 0.717) is 28.1 Å². The molecule has 2 rings (SSSR count). The van der Waals surface area contributed by atoms with Gasteiger partial charge in [-0.3, -0.25) is 0 Å². The van der Waals surface area contributed by atoms with Crippen molar-refractivity contribution in [2.75, 3.05) is 6.61 Å². The van der Waals surface area contributed by atoms with Crippen LogP contribution >= 0.6 is 31.9 Å². The molecular weight excluding hydrogens is 412 g/mol. The fourth-order valence-corrected chi connectivity index (χ4v) is 2.89. The predicted molar refractivity (Wildman–Crippen MR) is 93.6 cm³/mol. The first-order chi connectivity index (χ1) is 10.6. The third-order valence-corrected chi connectivity index (χ3v) is 4.05. The van der Waals surface area contributed by atoms with Gasteiger partial charge in [0.15, 0.2) is 0 Å². The summed E-state index contributed by atoms with van der Waals surface area (Å²) >= 11 is 6.73. The first-order valence-electron chi connectivity index (χ1n) is 7.00. The fourth-order valence-electron chi connectivity index (χ4n) is 1.76. The molecule has 0 radical (unpaired) electrons. The van der Waals surface area contributed by atoms with Crippen molar-refractivity contribution in [3.8, 4) is 11.5 Å². The van der Waals surface area contributed by atoms with Gasteiger partial charge in [-0.2, -0.15) is 0 Å². The van der Waals surface area contributed by atoms with E-state index in [1.54, 1.807) is 24.3 Å². The van der Waals surface area contributed by atoms with E-state index in [1.165, 1.54) is 0 Å². The first kappa shape index (κ1) is 17.0. The van der Waals surface area contributed by atoms with E-state index in [2.05, 4.69) is 38.8 Å². The van der Waals surface area contributed by atoms with Crippen molar-refractivity contribution in [3.05, 3.63) is 57.0 Å². The van der Waals surface area contributed by atoms with E-state index in [4.69, 9.17) is 9.47 Å². The van der Waals surface area contributed by atoms with Gasteiger partial charge >= 0.3 is 5.97 Å². The van der Waals surface area contributed by atoms with Crippen molar-refractivity contribution in [1.29, 1.82) is 0 Å². The molecule has 0 spiro atoms. The molecule has 0 aliphatic rings. The van der Waals surface area contributed by atoms with Gasteiger partial charge in [0.1, 0.15) is 11.5 Å². The molecule has 22 heavy (non-hydrogen) atoms. The molecule has 0 atom stereocenters. The molecule has 0 fully saturated rings. The number of halogens is 2. The SMILES string of the molecule is CCCCOc1cccc(C(=O)Oc2ccc(Br)cc2Br)c1. The molecule has 2 aromatic carbocycles. The van der Waals surface area contributed by atoms with E-state index in [1.807, 2.05) is 18.2 Å². The average Bonchev–Trinajstić information content (AvgIpc) is 2.50. The summed E-state index contributed by atoms with van der Waals surface area (Å²) in [4.78, 5) is 12.2. The van der Waals surface area contributed by atoms with Gasteiger partial charge in [-0.1, -0.05) is 35.3 Å². The third kappa shape index (κ3) is 4.85. The molecular formula is C17H16Br2O3. The Hall–Kier alpha value is -1.33. The summed E-state index contributed by atoms with van der Waals surface area (Å²) < 4.78 is 12.6.